The summed E-state index contributed by atoms with van der Waals surface area (Å²) in [4.78, 5) is 29.0. The number of amides is 1. The quantitative estimate of drug-likeness (QED) is 0.617. The smallest absolute Gasteiger partial charge is 0.291 e. The molecule has 1 saturated heterocycles. The minimum Gasteiger partial charge on any atom is -0.353 e. The summed E-state index contributed by atoms with van der Waals surface area (Å²) in [7, 11) is 0. The Balaban J connectivity index is 1.63. The molecule has 0 aliphatic carbocycles. The third kappa shape index (κ3) is 3.46. The molecule has 2 aromatic heterocycles. The van der Waals surface area contributed by atoms with Crippen molar-refractivity contribution in [1.82, 2.24) is 19.9 Å². The lowest BCUT2D eigenvalue weighted by Gasteiger charge is -2.35. The van der Waals surface area contributed by atoms with Gasteiger partial charge in [0.2, 0.25) is 5.82 Å². The van der Waals surface area contributed by atoms with Gasteiger partial charge in [0, 0.05) is 38.6 Å². The van der Waals surface area contributed by atoms with Crippen molar-refractivity contribution in [3.63, 3.8) is 0 Å². The molecule has 0 atom stereocenters. The van der Waals surface area contributed by atoms with E-state index >= 15 is 0 Å². The van der Waals surface area contributed by atoms with Gasteiger partial charge in [0.1, 0.15) is 11.9 Å². The molecule has 1 amide bonds. The number of hydrogen-bond donors (Lipinski definition) is 0. The fourth-order valence-electron chi connectivity index (χ4n) is 2.48. The molecule has 3 heterocycles. The topological polar surface area (TPSA) is 86.0 Å². The van der Waals surface area contributed by atoms with Gasteiger partial charge in [-0.2, -0.15) is 5.26 Å². The number of nitrogens with zero attached hydrogens (tertiary/aromatic N) is 6. The van der Waals surface area contributed by atoms with E-state index in [0.29, 0.717) is 31.7 Å². The van der Waals surface area contributed by atoms with Gasteiger partial charge in [-0.1, -0.05) is 0 Å². The van der Waals surface area contributed by atoms with Crippen LogP contribution in [0.1, 0.15) is 16.2 Å². The van der Waals surface area contributed by atoms with Gasteiger partial charge in [-0.05, 0) is 24.5 Å². The molecular weight excluding hydrogens is 324 g/mol. The number of nitriles is 1. The van der Waals surface area contributed by atoms with Crippen molar-refractivity contribution in [2.45, 2.75) is 5.03 Å². The van der Waals surface area contributed by atoms with Crippen LogP contribution >= 0.6 is 11.8 Å². The summed E-state index contributed by atoms with van der Waals surface area (Å²) in [5.74, 6) is 0.923. The van der Waals surface area contributed by atoms with Gasteiger partial charge in [-0.3, -0.25) is 4.79 Å². The fourth-order valence-corrected chi connectivity index (χ4v) is 2.85. The van der Waals surface area contributed by atoms with Gasteiger partial charge < -0.3 is 9.80 Å². The molecule has 24 heavy (non-hydrogen) atoms. The van der Waals surface area contributed by atoms with E-state index in [0.717, 1.165) is 10.8 Å². The number of anilines is 1. The van der Waals surface area contributed by atoms with Crippen molar-refractivity contribution < 1.29 is 4.79 Å². The highest BCUT2D eigenvalue weighted by atomic mass is 32.2. The van der Waals surface area contributed by atoms with E-state index in [9.17, 15) is 4.79 Å². The van der Waals surface area contributed by atoms with E-state index in [4.69, 9.17) is 5.26 Å². The summed E-state index contributed by atoms with van der Waals surface area (Å²) in [6.45, 7) is 2.56. The summed E-state index contributed by atoms with van der Waals surface area (Å²) in [5, 5.41) is 9.61. The highest BCUT2D eigenvalue weighted by Crippen LogP contribution is 2.15. The number of rotatable bonds is 3. The van der Waals surface area contributed by atoms with E-state index in [1.165, 1.54) is 11.8 Å². The Morgan fingerprint density at radius 3 is 2.62 bits per heavy atom. The van der Waals surface area contributed by atoms with Crippen molar-refractivity contribution in [2.75, 3.05) is 37.3 Å². The molecule has 0 spiro atoms. The number of carbonyl (C=O) groups is 1. The van der Waals surface area contributed by atoms with Gasteiger partial charge in [0.25, 0.3) is 5.91 Å². The first-order chi connectivity index (χ1) is 11.7. The maximum atomic E-state index is 12.5. The number of pyridine rings is 1. The molecule has 1 fully saturated rings. The second kappa shape index (κ2) is 7.27. The van der Waals surface area contributed by atoms with Crippen LogP contribution in [-0.4, -0.2) is 58.2 Å². The summed E-state index contributed by atoms with van der Waals surface area (Å²) in [5.41, 5.74) is 0.540. The predicted octanol–water partition coefficient (Wildman–Crippen LogP) is 1.43. The first-order valence-electron chi connectivity index (χ1n) is 7.48. The zero-order valence-corrected chi connectivity index (χ0v) is 14.0. The summed E-state index contributed by atoms with van der Waals surface area (Å²) >= 11 is 1.49. The lowest BCUT2D eigenvalue weighted by atomic mass is 10.2. The molecule has 0 radical (unpaired) electrons. The second-order valence-electron chi connectivity index (χ2n) is 5.22. The van der Waals surface area contributed by atoms with Crippen LogP contribution in [0.25, 0.3) is 0 Å². The van der Waals surface area contributed by atoms with Gasteiger partial charge in [-0.15, -0.1) is 11.8 Å². The van der Waals surface area contributed by atoms with Crippen LogP contribution in [0.4, 0.5) is 5.82 Å². The molecule has 7 nitrogen and oxygen atoms in total. The summed E-state index contributed by atoms with van der Waals surface area (Å²) in [6.07, 6.45) is 5.09. The Bertz CT molecular complexity index is 765. The zero-order chi connectivity index (χ0) is 16.9. The number of piperazine rings is 1. The van der Waals surface area contributed by atoms with Crippen molar-refractivity contribution in [3.05, 3.63) is 42.0 Å². The molecule has 0 N–H and O–H groups in total. The minimum absolute atomic E-state index is 0.140. The first kappa shape index (κ1) is 16.2. The third-order valence-corrected chi connectivity index (χ3v) is 4.44. The summed E-state index contributed by atoms with van der Waals surface area (Å²) < 4.78 is 0. The maximum absolute atomic E-state index is 12.5. The van der Waals surface area contributed by atoms with Crippen LogP contribution in [0.3, 0.4) is 0 Å². The van der Waals surface area contributed by atoms with E-state index < -0.39 is 0 Å². The van der Waals surface area contributed by atoms with Crippen LogP contribution in [0.5, 0.6) is 0 Å². The molecule has 3 rings (SSSR count). The molecule has 0 bridgehead atoms. The Morgan fingerprint density at radius 1 is 1.21 bits per heavy atom. The zero-order valence-electron chi connectivity index (χ0n) is 13.2. The maximum Gasteiger partial charge on any atom is 0.291 e. The van der Waals surface area contributed by atoms with Crippen molar-refractivity contribution in [3.8, 4) is 6.07 Å². The minimum atomic E-state index is -0.140. The van der Waals surface area contributed by atoms with Gasteiger partial charge >= 0.3 is 0 Å². The first-order valence-corrected chi connectivity index (χ1v) is 8.71. The normalized spacial score (nSPS) is 14.3. The van der Waals surface area contributed by atoms with E-state index in [-0.39, 0.29) is 11.7 Å². The van der Waals surface area contributed by atoms with Gasteiger partial charge in [0.15, 0.2) is 0 Å². The standard InChI is InChI=1S/C16H16N6OS/c1-24-14-4-5-18-15(20-14)16(23)22-8-6-21(7-9-22)13-3-2-12(10-17)11-19-13/h2-5,11H,6-9H2,1H3. The van der Waals surface area contributed by atoms with E-state index in [2.05, 4.69) is 25.9 Å². The van der Waals surface area contributed by atoms with Crippen LogP contribution in [0.2, 0.25) is 0 Å². The SMILES string of the molecule is CSc1ccnc(C(=O)N2CCN(c3ccc(C#N)cn3)CC2)n1. The van der Waals surface area contributed by atoms with Crippen LogP contribution in [0.15, 0.2) is 35.6 Å². The van der Waals surface area contributed by atoms with Crippen molar-refractivity contribution in [2.24, 2.45) is 0 Å². The van der Waals surface area contributed by atoms with Gasteiger partial charge in [0.05, 0.1) is 10.6 Å². The lowest BCUT2D eigenvalue weighted by Crippen LogP contribution is -2.49. The van der Waals surface area contributed by atoms with Crippen molar-refractivity contribution >= 4 is 23.5 Å². The molecule has 8 heteroatoms. The van der Waals surface area contributed by atoms with Crippen LogP contribution in [-0.2, 0) is 0 Å². The number of hydrogen-bond acceptors (Lipinski definition) is 7. The molecule has 2 aromatic rings. The predicted molar refractivity (Wildman–Crippen MR) is 90.9 cm³/mol. The Kier molecular flexibility index (Phi) is 4.91. The monoisotopic (exact) mass is 340 g/mol. The molecular formula is C16H16N6OS. The van der Waals surface area contributed by atoms with Crippen LogP contribution < -0.4 is 4.90 Å². The van der Waals surface area contributed by atoms with Crippen LogP contribution in [0, 0.1) is 11.3 Å². The molecule has 122 valence electrons. The second-order valence-corrected chi connectivity index (χ2v) is 6.05. The third-order valence-electron chi connectivity index (χ3n) is 3.80. The average molecular weight is 340 g/mol. The Morgan fingerprint density at radius 2 is 2.00 bits per heavy atom. The number of thioether (sulfide) groups is 1. The van der Waals surface area contributed by atoms with E-state index in [1.54, 1.807) is 29.4 Å². The van der Waals surface area contributed by atoms with E-state index in [1.807, 2.05) is 12.3 Å². The van der Waals surface area contributed by atoms with Crippen molar-refractivity contribution in [1.29, 1.82) is 5.26 Å². The molecule has 0 aromatic carbocycles. The summed E-state index contributed by atoms with van der Waals surface area (Å²) in [6, 6.07) is 7.43. The molecule has 0 unspecified atom stereocenters. The largest absolute Gasteiger partial charge is 0.353 e. The highest BCUT2D eigenvalue weighted by molar-refractivity contribution is 7.98. The Hall–Kier alpha value is -2.66. The Labute approximate surface area is 144 Å². The lowest BCUT2D eigenvalue weighted by molar-refractivity contribution is 0.0733. The molecule has 0 saturated carbocycles. The number of carbonyl (C=O) groups excluding carboxylic acids is 1. The average Bonchev–Trinajstić information content (AvgIpc) is 2.67. The highest BCUT2D eigenvalue weighted by Gasteiger charge is 2.24. The fraction of sp³-hybridized carbons (Fsp3) is 0.312. The van der Waals surface area contributed by atoms with Gasteiger partial charge in [-0.25, -0.2) is 15.0 Å². The number of aromatic nitrogens is 3. The molecule has 1 aliphatic heterocycles. The molecule has 1 aliphatic rings.